The Labute approximate surface area is 201 Å². The predicted octanol–water partition coefficient (Wildman–Crippen LogP) is 1.93. The van der Waals surface area contributed by atoms with Gasteiger partial charge in [-0.1, -0.05) is 36.4 Å². The molecule has 0 heterocycles. The quantitative estimate of drug-likeness (QED) is 0.156. The van der Waals surface area contributed by atoms with Crippen molar-refractivity contribution in [3.63, 3.8) is 0 Å². The van der Waals surface area contributed by atoms with Crippen LogP contribution in [0.4, 0.5) is 0 Å². The molecule has 0 amide bonds. The summed E-state index contributed by atoms with van der Waals surface area (Å²) in [5.74, 6) is 0. The summed E-state index contributed by atoms with van der Waals surface area (Å²) in [6, 6.07) is 18.2. The molecule has 34 heavy (non-hydrogen) atoms. The van der Waals surface area contributed by atoms with E-state index in [9.17, 15) is 31.2 Å². The van der Waals surface area contributed by atoms with Crippen molar-refractivity contribution in [2.24, 2.45) is 0 Å². The van der Waals surface area contributed by atoms with Gasteiger partial charge in [0.2, 0.25) is 0 Å². The maximum atomic E-state index is 11.4. The first-order valence-corrected chi connectivity index (χ1v) is 13.1. The fraction of sp³-hybridized carbons (Fsp3) is 0.143. The standard InChI is InChI=1S/C21H21NO9S3/c23-30-31-32-19-7-1-4-16(10-19)13-22(14-17-5-2-8-20(11-17)33(24,25)26)15-18-6-3-9-21(12-18)34(27,28)29/h1-12,23H,13-15H2,(H,24,25,26)(H,27,28,29)/p-3. The van der Waals surface area contributed by atoms with Crippen molar-refractivity contribution in [2.45, 2.75) is 34.3 Å². The SMILES string of the molecule is O=S(=O)([O-])c1cccc(CN(Cc2cccc(SOO[O-])c2)Cc2cccc(S(=O)(=O)[O-])c2)c1. The fourth-order valence-corrected chi connectivity index (χ4v) is 4.81. The van der Waals surface area contributed by atoms with Gasteiger partial charge in [-0.25, -0.2) is 16.8 Å². The molecule has 0 aliphatic heterocycles. The molecule has 0 unspecified atom stereocenters. The Bertz CT molecular complexity index is 1270. The summed E-state index contributed by atoms with van der Waals surface area (Å²) in [5.41, 5.74) is 1.87. The van der Waals surface area contributed by atoms with E-state index in [4.69, 9.17) is 0 Å². The molecule has 0 aliphatic rings. The fourth-order valence-electron chi connectivity index (χ4n) is 3.29. The van der Waals surface area contributed by atoms with Gasteiger partial charge in [-0.3, -0.25) is 9.94 Å². The van der Waals surface area contributed by atoms with E-state index in [1.807, 2.05) is 11.0 Å². The summed E-state index contributed by atoms with van der Waals surface area (Å²) < 4.78 is 72.8. The van der Waals surface area contributed by atoms with Gasteiger partial charge in [0.25, 0.3) is 0 Å². The lowest BCUT2D eigenvalue weighted by atomic mass is 10.1. The normalized spacial score (nSPS) is 12.2. The highest BCUT2D eigenvalue weighted by atomic mass is 32.2. The van der Waals surface area contributed by atoms with Crippen molar-refractivity contribution >= 4 is 32.3 Å². The lowest BCUT2D eigenvalue weighted by Crippen LogP contribution is -2.22. The molecule has 10 nitrogen and oxygen atoms in total. The van der Waals surface area contributed by atoms with Gasteiger partial charge in [0.15, 0.2) is 0 Å². The third-order valence-corrected chi connectivity index (χ3v) is 6.88. The minimum atomic E-state index is -4.64. The van der Waals surface area contributed by atoms with Crippen molar-refractivity contribution in [1.82, 2.24) is 4.90 Å². The van der Waals surface area contributed by atoms with E-state index in [0.29, 0.717) is 22.6 Å². The van der Waals surface area contributed by atoms with E-state index in [-0.39, 0.29) is 22.9 Å². The van der Waals surface area contributed by atoms with Crippen molar-refractivity contribution in [2.75, 3.05) is 0 Å². The molecule has 0 N–H and O–H groups in total. The third-order valence-electron chi connectivity index (χ3n) is 4.65. The van der Waals surface area contributed by atoms with Crippen LogP contribution in [0.2, 0.25) is 0 Å². The Morgan fingerprint density at radius 2 is 1.15 bits per heavy atom. The second-order valence-corrected chi connectivity index (χ2v) is 10.7. The monoisotopic (exact) mass is 524 g/mol. The Morgan fingerprint density at radius 1 is 0.706 bits per heavy atom. The summed E-state index contributed by atoms with van der Waals surface area (Å²) in [6.07, 6.45) is 0. The van der Waals surface area contributed by atoms with Gasteiger partial charge in [-0.05, 0) is 53.1 Å². The van der Waals surface area contributed by atoms with Crippen LogP contribution in [0.5, 0.6) is 0 Å². The van der Waals surface area contributed by atoms with Crippen LogP contribution in [0.1, 0.15) is 16.7 Å². The zero-order chi connectivity index (χ0) is 24.8. The van der Waals surface area contributed by atoms with Gasteiger partial charge in [0, 0.05) is 24.5 Å². The smallest absolute Gasteiger partial charge is 0.124 e. The van der Waals surface area contributed by atoms with Gasteiger partial charge in [0.05, 0.1) is 21.8 Å². The van der Waals surface area contributed by atoms with Gasteiger partial charge in [0.1, 0.15) is 20.2 Å². The molecule has 0 radical (unpaired) electrons. The minimum Gasteiger partial charge on any atom is -0.744 e. The number of rotatable bonds is 11. The summed E-state index contributed by atoms with van der Waals surface area (Å²) >= 11 is 0.723. The number of hydrogen-bond acceptors (Lipinski definition) is 11. The van der Waals surface area contributed by atoms with Crippen molar-refractivity contribution < 1.29 is 40.6 Å². The Morgan fingerprint density at radius 3 is 1.59 bits per heavy atom. The average molecular weight is 525 g/mol. The molecule has 0 saturated heterocycles. The topological polar surface area (TPSA) is 159 Å². The second-order valence-electron chi connectivity index (χ2n) is 7.22. The molecule has 3 aromatic carbocycles. The van der Waals surface area contributed by atoms with Crippen LogP contribution < -0.4 is 5.26 Å². The first-order valence-electron chi connectivity index (χ1n) is 9.59. The van der Waals surface area contributed by atoms with E-state index < -0.39 is 20.2 Å². The van der Waals surface area contributed by atoms with E-state index in [2.05, 4.69) is 9.37 Å². The molecular weight excluding hydrogens is 506 g/mol. The molecule has 0 aliphatic carbocycles. The van der Waals surface area contributed by atoms with Crippen LogP contribution in [0.3, 0.4) is 0 Å². The maximum absolute atomic E-state index is 11.4. The highest BCUT2D eigenvalue weighted by Gasteiger charge is 2.12. The van der Waals surface area contributed by atoms with Gasteiger partial charge in [-0.15, -0.1) is 0 Å². The molecule has 13 heteroatoms. The highest BCUT2D eigenvalue weighted by molar-refractivity contribution is 7.94. The van der Waals surface area contributed by atoms with Crippen molar-refractivity contribution in [3.8, 4) is 0 Å². The van der Waals surface area contributed by atoms with Crippen LogP contribution in [-0.4, -0.2) is 30.8 Å². The molecule has 3 rings (SSSR count). The zero-order valence-corrected chi connectivity index (χ0v) is 19.8. The Kier molecular flexibility index (Phi) is 8.81. The second kappa shape index (κ2) is 11.4. The third kappa shape index (κ3) is 7.87. The van der Waals surface area contributed by atoms with E-state index in [1.165, 1.54) is 36.4 Å². The molecule has 0 fully saturated rings. The number of benzene rings is 3. The summed E-state index contributed by atoms with van der Waals surface area (Å²) in [4.78, 5) is 1.73. The largest absolute Gasteiger partial charge is 0.744 e. The van der Waals surface area contributed by atoms with E-state index >= 15 is 0 Å². The average Bonchev–Trinajstić information content (AvgIpc) is 2.77. The maximum Gasteiger partial charge on any atom is 0.124 e. The van der Waals surface area contributed by atoms with Crippen molar-refractivity contribution in [3.05, 3.63) is 89.5 Å². The predicted molar refractivity (Wildman–Crippen MR) is 116 cm³/mol. The van der Waals surface area contributed by atoms with E-state index in [1.54, 1.807) is 30.3 Å². The summed E-state index contributed by atoms with van der Waals surface area (Å²) in [6.45, 7) is 0.722. The van der Waals surface area contributed by atoms with Crippen LogP contribution in [0.25, 0.3) is 0 Å². The molecule has 0 saturated carbocycles. The van der Waals surface area contributed by atoms with Crippen molar-refractivity contribution in [1.29, 1.82) is 0 Å². The summed E-state index contributed by atoms with van der Waals surface area (Å²) in [7, 11) is -9.28. The first-order chi connectivity index (χ1) is 16.0. The van der Waals surface area contributed by atoms with Gasteiger partial charge >= 0.3 is 0 Å². The van der Waals surface area contributed by atoms with Crippen LogP contribution in [0.15, 0.2) is 87.5 Å². The molecule has 3 aromatic rings. The molecule has 0 aromatic heterocycles. The number of nitrogens with zero attached hydrogens (tertiary/aromatic N) is 1. The van der Waals surface area contributed by atoms with E-state index in [0.717, 1.165) is 17.6 Å². The van der Waals surface area contributed by atoms with Gasteiger partial charge in [-0.2, -0.15) is 4.33 Å². The zero-order valence-electron chi connectivity index (χ0n) is 17.4. The highest BCUT2D eigenvalue weighted by Crippen LogP contribution is 2.23. The lowest BCUT2D eigenvalue weighted by Gasteiger charge is -2.24. The molecule has 0 bridgehead atoms. The Balaban J connectivity index is 1.90. The Hall–Kier alpha value is -2.33. The van der Waals surface area contributed by atoms with Crippen LogP contribution in [-0.2, 0) is 49.2 Å². The molecule has 0 spiro atoms. The summed E-state index contributed by atoms with van der Waals surface area (Å²) in [5, 5.41) is 13.4. The molecular formula is C21H18NO9S3-3. The lowest BCUT2D eigenvalue weighted by molar-refractivity contribution is -0.777. The molecule has 182 valence electrons. The minimum absolute atomic E-state index is 0.204. The molecule has 0 atom stereocenters. The van der Waals surface area contributed by atoms with Crippen LogP contribution >= 0.6 is 12.0 Å². The van der Waals surface area contributed by atoms with Gasteiger partial charge < -0.3 is 14.4 Å². The van der Waals surface area contributed by atoms with Crippen LogP contribution in [0, 0.1) is 0 Å². The number of hydrogen-bond donors (Lipinski definition) is 0. The first kappa shape index (κ1) is 26.3.